The third-order valence-corrected chi connectivity index (χ3v) is 4.67. The largest absolute Gasteiger partial charge is 0.316 e. The monoisotopic (exact) mass is 209 g/mol. The molecule has 3 saturated carbocycles. The van der Waals surface area contributed by atoms with Crippen molar-refractivity contribution in [3.63, 3.8) is 0 Å². The molecule has 1 unspecified atom stereocenters. The Labute approximate surface area is 87.4 Å². The Hall–Kier alpha value is -0.570. The zero-order valence-corrected chi connectivity index (χ0v) is 8.98. The molecule has 0 radical (unpaired) electrons. The molecule has 3 aliphatic rings. The minimum Gasteiger partial charge on any atom is -0.316 e. The van der Waals surface area contributed by atoms with Gasteiger partial charge in [-0.1, -0.05) is 24.2 Å². The topological polar surface area (TPSA) is 32.9 Å². The van der Waals surface area contributed by atoms with Crippen molar-refractivity contribution in [2.24, 2.45) is 11.8 Å². The summed E-state index contributed by atoms with van der Waals surface area (Å²) in [5.74, 6) is 2.46. The maximum absolute atomic E-state index is 11.1. The van der Waals surface area contributed by atoms with Gasteiger partial charge in [0.2, 0.25) is 0 Å². The van der Waals surface area contributed by atoms with Crippen molar-refractivity contribution >= 4 is 11.3 Å². The van der Waals surface area contributed by atoms with Crippen molar-refractivity contribution in [2.45, 2.75) is 38.0 Å². The van der Waals surface area contributed by atoms with E-state index in [4.69, 9.17) is 0 Å². The van der Waals surface area contributed by atoms with E-state index >= 15 is 0 Å². The van der Waals surface area contributed by atoms with E-state index < -0.39 is 0 Å². The molecule has 0 aromatic carbocycles. The van der Waals surface area contributed by atoms with Crippen LogP contribution < -0.4 is 4.87 Å². The summed E-state index contributed by atoms with van der Waals surface area (Å²) in [4.78, 5) is 14.2. The van der Waals surface area contributed by atoms with Gasteiger partial charge in [0.15, 0.2) is 0 Å². The van der Waals surface area contributed by atoms with Crippen molar-refractivity contribution in [1.82, 2.24) is 4.98 Å². The number of fused-ring (bicyclic) bond motifs is 3. The molecule has 3 aliphatic carbocycles. The number of aromatic amines is 1. The molecule has 1 N–H and O–H groups in total. The Morgan fingerprint density at radius 1 is 1.29 bits per heavy atom. The molecule has 1 heterocycles. The van der Waals surface area contributed by atoms with Crippen molar-refractivity contribution in [3.05, 3.63) is 20.7 Å². The molecular weight excluding hydrogens is 194 g/mol. The van der Waals surface area contributed by atoms with Gasteiger partial charge in [-0.3, -0.25) is 4.79 Å². The van der Waals surface area contributed by atoms with Crippen LogP contribution in [0.4, 0.5) is 0 Å². The molecule has 4 rings (SSSR count). The van der Waals surface area contributed by atoms with Gasteiger partial charge in [0, 0.05) is 17.0 Å². The molecule has 2 bridgehead atoms. The zero-order valence-electron chi connectivity index (χ0n) is 8.16. The van der Waals surface area contributed by atoms with Crippen LogP contribution in [-0.2, 0) is 0 Å². The maximum atomic E-state index is 11.1. The first-order valence-electron chi connectivity index (χ1n) is 5.50. The summed E-state index contributed by atoms with van der Waals surface area (Å²) in [6.07, 6.45) is 6.93. The van der Waals surface area contributed by atoms with Gasteiger partial charge in [0.25, 0.3) is 0 Å². The summed E-state index contributed by atoms with van der Waals surface area (Å²) >= 11 is 1.31. The predicted molar refractivity (Wildman–Crippen MR) is 57.7 cm³/mol. The van der Waals surface area contributed by atoms with Crippen LogP contribution in [0.15, 0.2) is 10.2 Å². The SMILES string of the molecule is O=c1[nH]c(C2CC3CCC2CC3)cs1. The first-order chi connectivity index (χ1) is 6.83. The van der Waals surface area contributed by atoms with Crippen LogP contribution in [0.1, 0.15) is 43.7 Å². The van der Waals surface area contributed by atoms with E-state index in [2.05, 4.69) is 4.98 Å². The second kappa shape index (κ2) is 3.23. The minimum atomic E-state index is 0.112. The molecule has 1 atom stereocenters. The van der Waals surface area contributed by atoms with Crippen LogP contribution in [0.5, 0.6) is 0 Å². The van der Waals surface area contributed by atoms with Crippen LogP contribution in [-0.4, -0.2) is 4.98 Å². The number of nitrogens with one attached hydrogen (secondary N) is 1. The summed E-state index contributed by atoms with van der Waals surface area (Å²) in [6, 6.07) is 0. The first kappa shape index (κ1) is 8.72. The lowest BCUT2D eigenvalue weighted by molar-refractivity contribution is 0.143. The highest BCUT2D eigenvalue weighted by molar-refractivity contribution is 7.07. The summed E-state index contributed by atoms with van der Waals surface area (Å²) in [5, 5.41) is 2.04. The Morgan fingerprint density at radius 2 is 2.07 bits per heavy atom. The first-order valence-corrected chi connectivity index (χ1v) is 6.38. The highest BCUT2D eigenvalue weighted by atomic mass is 32.1. The number of hydrogen-bond acceptors (Lipinski definition) is 2. The zero-order chi connectivity index (χ0) is 9.54. The molecule has 3 fully saturated rings. The number of aromatic nitrogens is 1. The van der Waals surface area contributed by atoms with Gasteiger partial charge < -0.3 is 4.98 Å². The van der Waals surface area contributed by atoms with E-state index in [9.17, 15) is 4.79 Å². The van der Waals surface area contributed by atoms with E-state index in [-0.39, 0.29) is 4.87 Å². The van der Waals surface area contributed by atoms with Gasteiger partial charge in [0.05, 0.1) is 0 Å². The number of rotatable bonds is 1. The van der Waals surface area contributed by atoms with Gasteiger partial charge in [-0.2, -0.15) is 0 Å². The molecule has 3 heteroatoms. The van der Waals surface area contributed by atoms with E-state index in [1.54, 1.807) is 0 Å². The van der Waals surface area contributed by atoms with Gasteiger partial charge in [-0.25, -0.2) is 0 Å². The molecule has 2 nitrogen and oxygen atoms in total. The van der Waals surface area contributed by atoms with Crippen molar-refractivity contribution in [2.75, 3.05) is 0 Å². The van der Waals surface area contributed by atoms with Crippen LogP contribution in [0, 0.1) is 11.8 Å². The minimum absolute atomic E-state index is 0.112. The number of thiazole rings is 1. The predicted octanol–water partition coefficient (Wildman–Crippen LogP) is 2.73. The molecule has 0 amide bonds. The smallest absolute Gasteiger partial charge is 0.304 e. The van der Waals surface area contributed by atoms with Crippen molar-refractivity contribution in [3.8, 4) is 0 Å². The van der Waals surface area contributed by atoms with Gasteiger partial charge >= 0.3 is 4.87 Å². The molecular formula is C11H15NOS. The average Bonchev–Trinajstić information content (AvgIpc) is 2.66. The van der Waals surface area contributed by atoms with Crippen LogP contribution in [0.3, 0.4) is 0 Å². The van der Waals surface area contributed by atoms with Crippen LogP contribution in [0.25, 0.3) is 0 Å². The molecule has 0 saturated heterocycles. The van der Waals surface area contributed by atoms with Crippen molar-refractivity contribution < 1.29 is 0 Å². The second-order valence-corrected chi connectivity index (χ2v) is 5.57. The number of hydrogen-bond donors (Lipinski definition) is 1. The molecule has 0 aliphatic heterocycles. The fraction of sp³-hybridized carbons (Fsp3) is 0.727. The lowest BCUT2D eigenvalue weighted by Gasteiger charge is -2.41. The van der Waals surface area contributed by atoms with Crippen LogP contribution >= 0.6 is 11.3 Å². The quantitative estimate of drug-likeness (QED) is 0.758. The number of H-pyrrole nitrogens is 1. The fourth-order valence-corrected chi connectivity index (χ4v) is 3.88. The van der Waals surface area contributed by atoms with E-state index in [1.807, 2.05) is 5.38 Å². The molecule has 1 aromatic rings. The Balaban J connectivity index is 1.89. The molecule has 0 spiro atoms. The highest BCUT2D eigenvalue weighted by Crippen LogP contribution is 2.49. The Kier molecular flexibility index (Phi) is 2.01. The fourth-order valence-electron chi connectivity index (χ4n) is 3.23. The average molecular weight is 209 g/mol. The van der Waals surface area contributed by atoms with Crippen molar-refractivity contribution in [1.29, 1.82) is 0 Å². The summed E-state index contributed by atoms with van der Waals surface area (Å²) in [6.45, 7) is 0. The van der Waals surface area contributed by atoms with E-state index in [0.717, 1.165) is 11.8 Å². The third-order valence-electron chi connectivity index (χ3n) is 3.99. The lowest BCUT2D eigenvalue weighted by Crippen LogP contribution is -2.30. The molecule has 1 aromatic heterocycles. The van der Waals surface area contributed by atoms with Gasteiger partial charge in [-0.15, -0.1) is 0 Å². The standard InChI is InChI=1S/C11H15NOS/c13-11-12-10(6-14-11)9-5-7-1-3-8(9)4-2-7/h6-9H,1-5H2,(H,12,13). The summed E-state index contributed by atoms with van der Waals surface area (Å²) in [7, 11) is 0. The van der Waals surface area contributed by atoms with E-state index in [0.29, 0.717) is 5.92 Å². The van der Waals surface area contributed by atoms with E-state index in [1.165, 1.54) is 49.1 Å². The lowest BCUT2D eigenvalue weighted by atomic mass is 9.64. The third kappa shape index (κ3) is 1.34. The highest BCUT2D eigenvalue weighted by Gasteiger charge is 2.36. The Morgan fingerprint density at radius 3 is 2.57 bits per heavy atom. The Bertz CT molecular complexity index is 373. The van der Waals surface area contributed by atoms with Gasteiger partial charge in [0.1, 0.15) is 0 Å². The maximum Gasteiger partial charge on any atom is 0.304 e. The van der Waals surface area contributed by atoms with Gasteiger partial charge in [-0.05, 0) is 31.1 Å². The summed E-state index contributed by atoms with van der Waals surface area (Å²) < 4.78 is 0. The second-order valence-electron chi connectivity index (χ2n) is 4.73. The normalized spacial score (nSPS) is 36.1. The molecule has 76 valence electrons. The summed E-state index contributed by atoms with van der Waals surface area (Å²) in [5.41, 5.74) is 1.22. The molecule has 14 heavy (non-hydrogen) atoms. The van der Waals surface area contributed by atoms with Crippen LogP contribution in [0.2, 0.25) is 0 Å².